The van der Waals surface area contributed by atoms with Crippen LogP contribution in [0.1, 0.15) is 47.0 Å². The maximum absolute atomic E-state index is 12.2. The van der Waals surface area contributed by atoms with Crippen molar-refractivity contribution in [3.8, 4) is 0 Å². The van der Waals surface area contributed by atoms with Crippen molar-refractivity contribution in [3.63, 3.8) is 0 Å². The first kappa shape index (κ1) is 18.3. The van der Waals surface area contributed by atoms with E-state index in [-0.39, 0.29) is 5.92 Å². The molecule has 0 aliphatic rings. The molecule has 0 aliphatic carbocycles. The molecule has 0 saturated heterocycles. The minimum atomic E-state index is -3.74. The van der Waals surface area contributed by atoms with Crippen molar-refractivity contribution in [2.75, 3.05) is 13.1 Å². The quantitative estimate of drug-likeness (QED) is 0.638. The molecule has 0 bridgehead atoms. The molecule has 0 rings (SSSR count). The summed E-state index contributed by atoms with van der Waals surface area (Å²) >= 11 is 0. The van der Waals surface area contributed by atoms with Gasteiger partial charge in [-0.1, -0.05) is 34.1 Å². The van der Waals surface area contributed by atoms with Crippen LogP contribution in [0.3, 0.4) is 0 Å². The van der Waals surface area contributed by atoms with Crippen LogP contribution in [-0.2, 0) is 15.0 Å². The zero-order valence-corrected chi connectivity index (χ0v) is 13.0. The van der Waals surface area contributed by atoms with Gasteiger partial charge < -0.3 is 5.11 Å². The molecule has 0 aromatic heterocycles. The second kappa shape index (κ2) is 8.50. The van der Waals surface area contributed by atoms with Gasteiger partial charge in [0, 0.05) is 13.1 Å². The molecule has 0 aliphatic heterocycles. The third-order valence-corrected chi connectivity index (χ3v) is 4.64. The fourth-order valence-corrected chi connectivity index (χ4v) is 3.38. The SMILES string of the molecule is CCCN(CCC)S(=O)(=O)N[C@H](C(=O)O)C(C)CC. The van der Waals surface area contributed by atoms with Crippen LogP contribution in [0.5, 0.6) is 0 Å². The smallest absolute Gasteiger partial charge is 0.322 e. The summed E-state index contributed by atoms with van der Waals surface area (Å²) in [5.74, 6) is -1.39. The van der Waals surface area contributed by atoms with E-state index < -0.39 is 22.2 Å². The van der Waals surface area contributed by atoms with Crippen LogP contribution in [0, 0.1) is 5.92 Å². The Kier molecular flexibility index (Phi) is 8.20. The second-order valence-corrected chi connectivity index (χ2v) is 6.43. The zero-order chi connectivity index (χ0) is 15.1. The first-order valence-corrected chi connectivity index (χ1v) is 8.24. The van der Waals surface area contributed by atoms with Gasteiger partial charge in [-0.25, -0.2) is 0 Å². The lowest BCUT2D eigenvalue weighted by Gasteiger charge is -2.26. The number of hydrogen-bond donors (Lipinski definition) is 2. The summed E-state index contributed by atoms with van der Waals surface area (Å²) < 4.78 is 28.0. The lowest BCUT2D eigenvalue weighted by Crippen LogP contribution is -2.51. The zero-order valence-electron chi connectivity index (χ0n) is 12.2. The Balaban J connectivity index is 5.01. The number of carbonyl (C=O) groups is 1. The number of aliphatic carboxylic acids is 1. The molecule has 0 amide bonds. The molecule has 2 N–H and O–H groups in total. The normalized spacial score (nSPS) is 15.4. The third-order valence-electron chi connectivity index (χ3n) is 3.04. The maximum atomic E-state index is 12.2. The van der Waals surface area contributed by atoms with Gasteiger partial charge in [0.1, 0.15) is 6.04 Å². The van der Waals surface area contributed by atoms with E-state index in [0.29, 0.717) is 32.4 Å². The van der Waals surface area contributed by atoms with Gasteiger partial charge in [0.2, 0.25) is 0 Å². The summed E-state index contributed by atoms with van der Waals surface area (Å²) in [5.41, 5.74) is 0. The Morgan fingerprint density at radius 1 is 1.21 bits per heavy atom. The highest BCUT2D eigenvalue weighted by atomic mass is 32.2. The predicted octanol–water partition coefficient (Wildman–Crippen LogP) is 1.44. The van der Waals surface area contributed by atoms with E-state index in [4.69, 9.17) is 5.11 Å². The molecule has 0 radical (unpaired) electrons. The predicted molar refractivity (Wildman–Crippen MR) is 75.1 cm³/mol. The molecule has 0 aromatic carbocycles. The number of nitrogens with zero attached hydrogens (tertiary/aromatic N) is 1. The molecular weight excluding hydrogens is 268 g/mol. The van der Waals surface area contributed by atoms with Crippen molar-refractivity contribution in [3.05, 3.63) is 0 Å². The van der Waals surface area contributed by atoms with Gasteiger partial charge in [-0.3, -0.25) is 4.79 Å². The molecule has 2 atom stereocenters. The molecular formula is C12H26N2O4S. The van der Waals surface area contributed by atoms with Gasteiger partial charge in [0.25, 0.3) is 10.2 Å². The van der Waals surface area contributed by atoms with E-state index in [1.807, 2.05) is 20.8 Å². The van der Waals surface area contributed by atoms with E-state index in [0.717, 1.165) is 0 Å². The Morgan fingerprint density at radius 2 is 1.68 bits per heavy atom. The Morgan fingerprint density at radius 3 is 2.00 bits per heavy atom. The Labute approximate surface area is 116 Å². The maximum Gasteiger partial charge on any atom is 0.322 e. The summed E-state index contributed by atoms with van der Waals surface area (Å²) in [7, 11) is -3.74. The van der Waals surface area contributed by atoms with E-state index in [2.05, 4.69) is 4.72 Å². The summed E-state index contributed by atoms with van der Waals surface area (Å²) in [6.07, 6.45) is 1.99. The second-order valence-electron chi connectivity index (χ2n) is 4.72. The van der Waals surface area contributed by atoms with Gasteiger partial charge in [0.05, 0.1) is 0 Å². The molecule has 114 valence electrons. The Bertz CT molecular complexity index is 364. The van der Waals surface area contributed by atoms with Crippen molar-refractivity contribution >= 4 is 16.2 Å². The topological polar surface area (TPSA) is 86.7 Å². The average Bonchev–Trinajstić information content (AvgIpc) is 2.34. The van der Waals surface area contributed by atoms with Crippen molar-refractivity contribution in [2.24, 2.45) is 5.92 Å². The largest absolute Gasteiger partial charge is 0.480 e. The van der Waals surface area contributed by atoms with Gasteiger partial charge in [0.15, 0.2) is 0 Å². The van der Waals surface area contributed by atoms with E-state index >= 15 is 0 Å². The van der Waals surface area contributed by atoms with Crippen LogP contribution < -0.4 is 4.72 Å². The summed E-state index contributed by atoms with van der Waals surface area (Å²) in [5, 5.41) is 9.13. The van der Waals surface area contributed by atoms with Crippen molar-refractivity contribution in [1.82, 2.24) is 9.03 Å². The first-order valence-electron chi connectivity index (χ1n) is 6.80. The number of nitrogens with one attached hydrogen (secondary N) is 1. The molecule has 0 aromatic rings. The van der Waals surface area contributed by atoms with Crippen molar-refractivity contribution < 1.29 is 18.3 Å². The highest BCUT2D eigenvalue weighted by Gasteiger charge is 2.31. The molecule has 0 spiro atoms. The van der Waals surface area contributed by atoms with Crippen LogP contribution in [0.25, 0.3) is 0 Å². The van der Waals surface area contributed by atoms with Crippen LogP contribution >= 0.6 is 0 Å². The fourth-order valence-electron chi connectivity index (χ4n) is 1.73. The average molecular weight is 294 g/mol. The minimum absolute atomic E-state index is 0.252. The number of carboxylic acids is 1. The Hall–Kier alpha value is -0.660. The highest BCUT2D eigenvalue weighted by molar-refractivity contribution is 7.87. The summed E-state index contributed by atoms with van der Waals surface area (Å²) in [4.78, 5) is 11.2. The van der Waals surface area contributed by atoms with Crippen LogP contribution in [-0.4, -0.2) is 42.9 Å². The van der Waals surface area contributed by atoms with Crippen molar-refractivity contribution in [1.29, 1.82) is 0 Å². The molecule has 0 heterocycles. The number of carboxylic acid groups (broad SMARTS) is 1. The molecule has 0 fully saturated rings. The van der Waals surface area contributed by atoms with Gasteiger partial charge in [-0.05, 0) is 18.8 Å². The lowest BCUT2D eigenvalue weighted by molar-refractivity contribution is -0.140. The number of hydrogen-bond acceptors (Lipinski definition) is 3. The monoisotopic (exact) mass is 294 g/mol. The number of rotatable bonds is 10. The van der Waals surface area contributed by atoms with Crippen LogP contribution in [0.4, 0.5) is 0 Å². The third kappa shape index (κ3) is 5.88. The van der Waals surface area contributed by atoms with Gasteiger partial charge in [-0.15, -0.1) is 0 Å². The van der Waals surface area contributed by atoms with E-state index in [9.17, 15) is 13.2 Å². The standard InChI is InChI=1S/C12H26N2O4S/c1-5-8-14(9-6-2)19(17,18)13-11(12(15)16)10(4)7-3/h10-11,13H,5-9H2,1-4H3,(H,15,16)/t10?,11-/m0/s1. The molecule has 19 heavy (non-hydrogen) atoms. The molecule has 7 heteroatoms. The molecule has 0 saturated carbocycles. The lowest BCUT2D eigenvalue weighted by atomic mass is 10.0. The van der Waals surface area contributed by atoms with Gasteiger partial charge in [-0.2, -0.15) is 17.4 Å². The van der Waals surface area contributed by atoms with Gasteiger partial charge >= 0.3 is 5.97 Å². The summed E-state index contributed by atoms with van der Waals surface area (Å²) in [6, 6.07) is -1.08. The highest BCUT2D eigenvalue weighted by Crippen LogP contribution is 2.11. The minimum Gasteiger partial charge on any atom is -0.480 e. The van der Waals surface area contributed by atoms with Crippen molar-refractivity contribution in [2.45, 2.75) is 53.0 Å². The van der Waals surface area contributed by atoms with Crippen LogP contribution in [0.2, 0.25) is 0 Å². The fraction of sp³-hybridized carbons (Fsp3) is 0.917. The van der Waals surface area contributed by atoms with Crippen LogP contribution in [0.15, 0.2) is 0 Å². The molecule has 1 unspecified atom stereocenters. The van der Waals surface area contributed by atoms with E-state index in [1.165, 1.54) is 4.31 Å². The van der Waals surface area contributed by atoms with E-state index in [1.54, 1.807) is 6.92 Å². The molecule has 6 nitrogen and oxygen atoms in total. The summed E-state index contributed by atoms with van der Waals surface area (Å²) in [6.45, 7) is 8.14. The first-order chi connectivity index (χ1) is 8.80.